The maximum atomic E-state index is 7.86. The first-order valence-electron chi connectivity index (χ1n) is 5.84. The lowest BCUT2D eigenvalue weighted by molar-refractivity contribution is 0.436. The molecule has 0 atom stereocenters. The van der Waals surface area contributed by atoms with E-state index in [1.54, 1.807) is 0 Å². The molecule has 4 heteroatoms. The molecule has 1 aromatic heterocycles. The van der Waals surface area contributed by atoms with Crippen molar-refractivity contribution in [3.8, 4) is 0 Å². The Morgan fingerprint density at radius 2 is 2.14 bits per heavy atom. The van der Waals surface area contributed by atoms with Crippen LogP contribution < -0.4 is 4.90 Å². The van der Waals surface area contributed by atoms with Crippen molar-refractivity contribution in [1.82, 2.24) is 10.2 Å². The van der Waals surface area contributed by atoms with Crippen molar-refractivity contribution in [2.45, 2.75) is 19.8 Å². The summed E-state index contributed by atoms with van der Waals surface area (Å²) in [7, 11) is 0. The summed E-state index contributed by atoms with van der Waals surface area (Å²) in [5, 5.41) is 7.86. The molecule has 0 aromatic carbocycles. The van der Waals surface area contributed by atoms with E-state index in [9.17, 15) is 0 Å². The molecule has 0 N–H and O–H groups in total. The molecule has 1 aliphatic rings. The van der Waals surface area contributed by atoms with Crippen molar-refractivity contribution >= 4 is 21.7 Å². The minimum absolute atomic E-state index is 0.114. The fourth-order valence-electron chi connectivity index (χ4n) is 1.61. The van der Waals surface area contributed by atoms with Crippen LogP contribution in [0, 0.1) is 5.92 Å². The predicted octanol–water partition coefficient (Wildman–Crippen LogP) is 2.48. The van der Waals surface area contributed by atoms with Gasteiger partial charge >= 0.3 is 0 Å². The Labute approximate surface area is 95.5 Å². The number of hydrogen-bond acceptors (Lipinski definition) is 3. The normalized spacial score (nSPS) is 20.6. The summed E-state index contributed by atoms with van der Waals surface area (Å²) in [4.78, 5) is 2.06. The number of hydrogen-bond donors (Lipinski definition) is 0. The Kier molecular flexibility index (Phi) is 2.32. The van der Waals surface area contributed by atoms with Crippen LogP contribution in [-0.2, 0) is 0 Å². The van der Waals surface area contributed by atoms with E-state index in [0.29, 0.717) is 10.4 Å². The van der Waals surface area contributed by atoms with Gasteiger partial charge in [-0.05, 0) is 46.8 Å². The van der Waals surface area contributed by atoms with Gasteiger partial charge in [-0.2, -0.15) is 0 Å². The molecule has 0 bridgehead atoms. The van der Waals surface area contributed by atoms with Crippen LogP contribution in [0.1, 0.15) is 22.5 Å². The summed E-state index contributed by atoms with van der Waals surface area (Å²) < 4.78 is 15.9. The standard InChI is InChI=1S/C10H14BrN3/c1-8-4-6-14(7-5-8)10-3-2-9(11)12-13-10/h2-3,8H,4-7H2,1H3/i2D,3D. The molecule has 0 radical (unpaired) electrons. The molecule has 1 saturated heterocycles. The summed E-state index contributed by atoms with van der Waals surface area (Å²) in [6.07, 6.45) is 2.23. The molecule has 14 heavy (non-hydrogen) atoms. The molecule has 2 rings (SSSR count). The molecule has 3 nitrogen and oxygen atoms in total. The zero-order chi connectivity index (χ0) is 11.7. The molecule has 1 fully saturated rings. The predicted molar refractivity (Wildman–Crippen MR) is 60.3 cm³/mol. The van der Waals surface area contributed by atoms with Gasteiger partial charge in [0.05, 0.1) is 2.74 Å². The maximum absolute atomic E-state index is 7.86. The first-order chi connectivity index (χ1) is 7.59. The van der Waals surface area contributed by atoms with Gasteiger partial charge in [0.15, 0.2) is 5.82 Å². The number of piperidine rings is 1. The van der Waals surface area contributed by atoms with E-state index in [4.69, 9.17) is 2.74 Å². The number of aromatic nitrogens is 2. The average molecular weight is 258 g/mol. The first-order valence-corrected chi connectivity index (χ1v) is 5.63. The highest BCUT2D eigenvalue weighted by Gasteiger charge is 2.16. The largest absolute Gasteiger partial charge is 0.355 e. The molecule has 0 unspecified atom stereocenters. The van der Waals surface area contributed by atoms with Gasteiger partial charge in [0.25, 0.3) is 0 Å². The summed E-state index contributed by atoms with van der Waals surface area (Å²) in [6.45, 7) is 4.05. The van der Waals surface area contributed by atoms with Crippen molar-refractivity contribution in [3.63, 3.8) is 0 Å². The zero-order valence-corrected chi connectivity index (χ0v) is 9.71. The van der Waals surface area contributed by atoms with Crippen LogP contribution >= 0.6 is 15.9 Å². The highest BCUT2D eigenvalue weighted by atomic mass is 79.9. The fraction of sp³-hybridized carbons (Fsp3) is 0.600. The second-order valence-electron chi connectivity index (χ2n) is 3.73. The van der Waals surface area contributed by atoms with Crippen LogP contribution in [0.3, 0.4) is 0 Å². The van der Waals surface area contributed by atoms with Gasteiger partial charge in [0.2, 0.25) is 0 Å². The monoisotopic (exact) mass is 257 g/mol. The van der Waals surface area contributed by atoms with Crippen molar-refractivity contribution in [1.29, 1.82) is 0 Å². The third-order valence-corrected chi connectivity index (χ3v) is 2.95. The van der Waals surface area contributed by atoms with Crippen LogP contribution in [0.4, 0.5) is 5.82 Å². The molecule has 0 spiro atoms. The molecule has 0 aliphatic carbocycles. The van der Waals surface area contributed by atoms with Gasteiger partial charge in [0.1, 0.15) is 4.60 Å². The number of nitrogens with zero attached hydrogens (tertiary/aromatic N) is 3. The van der Waals surface area contributed by atoms with Gasteiger partial charge in [0, 0.05) is 13.1 Å². The van der Waals surface area contributed by atoms with Crippen LogP contribution in [0.15, 0.2) is 16.7 Å². The van der Waals surface area contributed by atoms with Crippen LogP contribution in [0.5, 0.6) is 0 Å². The molecule has 0 saturated carbocycles. The van der Waals surface area contributed by atoms with Crippen molar-refractivity contribution < 1.29 is 2.74 Å². The van der Waals surface area contributed by atoms with Gasteiger partial charge in [-0.15, -0.1) is 10.2 Å². The second kappa shape index (κ2) is 4.26. The number of anilines is 1. The quantitative estimate of drug-likeness (QED) is 0.774. The molecule has 2 heterocycles. The van der Waals surface area contributed by atoms with Gasteiger partial charge < -0.3 is 4.90 Å². The van der Waals surface area contributed by atoms with E-state index < -0.39 is 0 Å². The van der Waals surface area contributed by atoms with Gasteiger partial charge in [-0.25, -0.2) is 0 Å². The Morgan fingerprint density at radius 1 is 1.43 bits per heavy atom. The molecule has 1 aromatic rings. The first kappa shape index (κ1) is 7.63. The number of rotatable bonds is 1. The highest BCUT2D eigenvalue weighted by molar-refractivity contribution is 9.10. The van der Waals surface area contributed by atoms with Crippen molar-refractivity contribution in [2.24, 2.45) is 5.92 Å². The van der Waals surface area contributed by atoms with E-state index in [-0.39, 0.29) is 12.1 Å². The summed E-state index contributed by atoms with van der Waals surface area (Å²) in [5.74, 6) is 1.28. The lowest BCUT2D eigenvalue weighted by Crippen LogP contribution is -2.33. The van der Waals surface area contributed by atoms with Crippen LogP contribution in [0.2, 0.25) is 0 Å². The Balaban J connectivity index is 2.24. The smallest absolute Gasteiger partial charge is 0.151 e. The van der Waals surface area contributed by atoms with E-state index >= 15 is 0 Å². The molecular formula is C10H14BrN3. The molecule has 0 amide bonds. The third-order valence-electron chi connectivity index (χ3n) is 2.59. The molecule has 76 valence electrons. The highest BCUT2D eigenvalue weighted by Crippen LogP contribution is 2.21. The lowest BCUT2D eigenvalue weighted by Gasteiger charge is -2.30. The van der Waals surface area contributed by atoms with Crippen molar-refractivity contribution in [2.75, 3.05) is 18.0 Å². The minimum atomic E-state index is 0.114. The van der Waals surface area contributed by atoms with Crippen LogP contribution in [-0.4, -0.2) is 23.3 Å². The molecular weight excluding hydrogens is 242 g/mol. The minimum Gasteiger partial charge on any atom is -0.355 e. The Hall–Kier alpha value is -0.640. The van der Waals surface area contributed by atoms with Gasteiger partial charge in [-0.1, -0.05) is 6.92 Å². The second-order valence-corrected chi connectivity index (χ2v) is 4.49. The molecule has 1 aliphatic heterocycles. The van der Waals surface area contributed by atoms with Crippen LogP contribution in [0.25, 0.3) is 0 Å². The summed E-state index contributed by atoms with van der Waals surface area (Å²) >= 11 is 3.11. The van der Waals surface area contributed by atoms with Crippen molar-refractivity contribution in [3.05, 3.63) is 16.7 Å². The Morgan fingerprint density at radius 3 is 2.86 bits per heavy atom. The fourth-order valence-corrected chi connectivity index (χ4v) is 1.79. The summed E-state index contributed by atoms with van der Waals surface area (Å²) in [6, 6.07) is 0.278. The van der Waals surface area contributed by atoms with Gasteiger partial charge in [-0.3, -0.25) is 0 Å². The Bertz CT molecular complexity index is 392. The summed E-state index contributed by atoms with van der Waals surface area (Å²) in [5.41, 5.74) is 0. The maximum Gasteiger partial charge on any atom is 0.151 e. The number of halogens is 1. The third kappa shape index (κ3) is 2.23. The topological polar surface area (TPSA) is 29.0 Å². The van der Waals surface area contributed by atoms with E-state index in [0.717, 1.165) is 31.8 Å². The SMILES string of the molecule is [2H]c1c(Br)nnc(N2CCC(C)CC2)c1[2H]. The van der Waals surface area contributed by atoms with E-state index in [2.05, 4.69) is 38.0 Å². The van der Waals surface area contributed by atoms with E-state index in [1.807, 2.05) is 0 Å². The van der Waals surface area contributed by atoms with E-state index in [1.165, 1.54) is 0 Å². The average Bonchev–Trinajstić information content (AvgIpc) is 2.28. The lowest BCUT2D eigenvalue weighted by atomic mass is 9.99. The zero-order valence-electron chi connectivity index (χ0n) is 10.1.